The Labute approximate surface area is 513 Å². The molecule has 0 spiro atoms. The number of likely N-dealkylation sites (tertiary alicyclic amines) is 1. The van der Waals surface area contributed by atoms with Crippen molar-refractivity contribution in [1.82, 2.24) is 40.3 Å². The van der Waals surface area contributed by atoms with E-state index in [1.807, 2.05) is 114 Å². The van der Waals surface area contributed by atoms with Gasteiger partial charge in [-0.25, -0.2) is 23.7 Å². The number of aromatic nitrogens is 3. The zero-order valence-electron chi connectivity index (χ0n) is 50.8. The normalized spacial score (nSPS) is 19.1. The van der Waals surface area contributed by atoms with Gasteiger partial charge in [0.2, 0.25) is 29.6 Å². The summed E-state index contributed by atoms with van der Waals surface area (Å²) in [5, 5.41) is 19.3. The van der Waals surface area contributed by atoms with Crippen LogP contribution in [0.4, 0.5) is 39.3 Å². The molecule has 6 atom stereocenters. The summed E-state index contributed by atoms with van der Waals surface area (Å²) in [7, 11) is 1.96. The van der Waals surface area contributed by atoms with E-state index >= 15 is 4.39 Å². The number of anilines is 3. The van der Waals surface area contributed by atoms with E-state index in [9.17, 15) is 46.6 Å². The molecule has 5 amide bonds. The quantitative estimate of drug-likeness (QED) is 0.0596. The van der Waals surface area contributed by atoms with Crippen molar-refractivity contribution in [3.63, 3.8) is 0 Å². The second kappa shape index (κ2) is 27.2. The maximum absolute atomic E-state index is 16.3. The standard InChI is InChI=1S/C65H76F5N11O6S/c1-38-34-80(35-39(2)77(38)8)54-31-52(67)50(30-53(54)75-60(85)49-21-20-47(66)28-51(49)65(68,69)70)46-32-71-63(72-33-46)79-25-23-78(24-26-79)57(84)22-15-43-12-9-11-42(27-43)13-10-14-56(83)76-59(64(5,6)7)62(87)81-36-48(82)29-55(81)61(86)74-40(3)44-16-18-45(19-17-44)58-41(4)73-37-88-58/h9,11-12,16-21,27-28,30-33,37-40,48,55,59,82H,10,13-15,22-26,29,34-36H2,1-8H3,(H,74,86)(H,75,85)(H,76,83)/t38-,39+,40-,48+,55-,59+/m0/s1. The number of nitrogens with one attached hydrogen (secondary N) is 3. The Morgan fingerprint density at radius 3 is 2.09 bits per heavy atom. The Kier molecular flexibility index (Phi) is 20.0. The molecule has 9 rings (SSSR count). The number of β-amino-alcohol motifs (C(OH)–C–C–N with tert-alkyl or cyclic N) is 1. The highest BCUT2D eigenvalue weighted by Gasteiger charge is 2.45. The number of piperazine rings is 2. The molecule has 4 N–H and O–H groups in total. The second-order valence-corrected chi connectivity index (χ2v) is 25.3. The first-order chi connectivity index (χ1) is 41.7. The summed E-state index contributed by atoms with van der Waals surface area (Å²) in [4.78, 5) is 92.3. The van der Waals surface area contributed by atoms with E-state index in [1.165, 1.54) is 29.4 Å². The zero-order valence-corrected chi connectivity index (χ0v) is 51.6. The number of likely N-dealkylation sites (N-methyl/N-ethyl adjacent to an activating group) is 1. The van der Waals surface area contributed by atoms with Crippen LogP contribution in [0.15, 0.2) is 96.8 Å². The molecule has 468 valence electrons. The van der Waals surface area contributed by atoms with E-state index in [0.717, 1.165) is 45.0 Å². The molecule has 3 aliphatic rings. The molecule has 0 unspecified atom stereocenters. The number of hydrogen-bond donors (Lipinski definition) is 4. The van der Waals surface area contributed by atoms with E-state index in [4.69, 9.17) is 0 Å². The van der Waals surface area contributed by atoms with Crippen LogP contribution in [0.25, 0.3) is 21.6 Å². The third kappa shape index (κ3) is 15.3. The number of halogens is 5. The first-order valence-corrected chi connectivity index (χ1v) is 30.6. The second-order valence-electron chi connectivity index (χ2n) is 24.5. The van der Waals surface area contributed by atoms with Crippen LogP contribution >= 0.6 is 11.3 Å². The van der Waals surface area contributed by atoms with Crippen molar-refractivity contribution < 1.29 is 51.0 Å². The minimum Gasteiger partial charge on any atom is -0.391 e. The summed E-state index contributed by atoms with van der Waals surface area (Å²) in [6.07, 6.45) is -1.04. The van der Waals surface area contributed by atoms with Crippen LogP contribution in [-0.4, -0.2) is 147 Å². The van der Waals surface area contributed by atoms with E-state index in [1.54, 1.807) is 21.7 Å². The molecule has 3 saturated heterocycles. The number of benzene rings is 4. The largest absolute Gasteiger partial charge is 0.417 e. The number of aliphatic hydroxyl groups is 1. The van der Waals surface area contributed by atoms with Crippen LogP contribution in [0.2, 0.25) is 0 Å². The van der Waals surface area contributed by atoms with Gasteiger partial charge in [0.05, 0.1) is 50.7 Å². The Morgan fingerprint density at radius 2 is 1.45 bits per heavy atom. The molecule has 3 fully saturated rings. The molecular weight excluding hydrogens is 1160 g/mol. The van der Waals surface area contributed by atoms with Gasteiger partial charge in [0, 0.05) is 101 Å². The number of rotatable bonds is 18. The average Bonchev–Trinajstić information content (AvgIpc) is 1.32. The molecule has 4 aromatic carbocycles. The number of amides is 5. The van der Waals surface area contributed by atoms with Crippen LogP contribution in [-0.2, 0) is 38.2 Å². The minimum atomic E-state index is -5.03. The van der Waals surface area contributed by atoms with Crippen LogP contribution in [0, 0.1) is 24.0 Å². The molecule has 0 radical (unpaired) electrons. The summed E-state index contributed by atoms with van der Waals surface area (Å²) in [6, 6.07) is 17.9. The number of alkyl halides is 3. The van der Waals surface area contributed by atoms with E-state index in [2.05, 4.69) is 35.8 Å². The van der Waals surface area contributed by atoms with Crippen LogP contribution < -0.4 is 25.8 Å². The predicted molar refractivity (Wildman–Crippen MR) is 329 cm³/mol. The van der Waals surface area contributed by atoms with Crippen molar-refractivity contribution in [2.24, 2.45) is 5.41 Å². The number of hydrogen-bond acceptors (Lipinski definition) is 13. The monoisotopic (exact) mass is 1230 g/mol. The molecule has 23 heteroatoms. The van der Waals surface area contributed by atoms with Gasteiger partial charge < -0.3 is 40.7 Å². The molecule has 6 aromatic rings. The first kappa shape index (κ1) is 64.6. The Morgan fingerprint density at radius 1 is 0.784 bits per heavy atom. The van der Waals surface area contributed by atoms with E-state index in [-0.39, 0.29) is 90.2 Å². The van der Waals surface area contributed by atoms with Gasteiger partial charge in [-0.3, -0.25) is 28.9 Å². The van der Waals surface area contributed by atoms with Gasteiger partial charge in [-0.05, 0) is 112 Å². The molecule has 0 aliphatic carbocycles. The lowest BCUT2D eigenvalue weighted by molar-refractivity contribution is -0.144. The third-order valence-electron chi connectivity index (χ3n) is 17.0. The number of carbonyl (C=O) groups is 5. The fourth-order valence-corrected chi connectivity index (χ4v) is 12.5. The molecule has 3 aliphatic heterocycles. The molecule has 2 aromatic heterocycles. The average molecular weight is 1230 g/mol. The number of aryl methyl sites for hydroxylation is 3. The van der Waals surface area contributed by atoms with E-state index in [0.29, 0.717) is 64.5 Å². The molecule has 5 heterocycles. The lowest BCUT2D eigenvalue weighted by Gasteiger charge is -2.44. The van der Waals surface area contributed by atoms with Crippen molar-refractivity contribution in [3.05, 3.63) is 142 Å². The molecule has 88 heavy (non-hydrogen) atoms. The van der Waals surface area contributed by atoms with Gasteiger partial charge in [0.25, 0.3) is 5.91 Å². The topological polar surface area (TPSA) is 197 Å². The maximum Gasteiger partial charge on any atom is 0.417 e. The number of thiazole rings is 1. The Balaban J connectivity index is 0.750. The van der Waals surface area contributed by atoms with Gasteiger partial charge in [-0.15, -0.1) is 11.3 Å². The number of carbonyl (C=O) groups excluding carboxylic acids is 5. The van der Waals surface area contributed by atoms with Gasteiger partial charge >= 0.3 is 6.18 Å². The van der Waals surface area contributed by atoms with Gasteiger partial charge in [0.15, 0.2) is 0 Å². The van der Waals surface area contributed by atoms with Gasteiger partial charge in [-0.2, -0.15) is 13.2 Å². The highest BCUT2D eigenvalue weighted by atomic mass is 32.1. The van der Waals surface area contributed by atoms with Crippen molar-refractivity contribution >= 4 is 58.2 Å². The molecular formula is C65H76F5N11O6S. The summed E-state index contributed by atoms with van der Waals surface area (Å²) in [5.41, 5.74) is 4.22. The maximum atomic E-state index is 16.3. The van der Waals surface area contributed by atoms with Gasteiger partial charge in [-0.1, -0.05) is 69.3 Å². The Hall–Kier alpha value is -7.89. The van der Waals surface area contributed by atoms with Crippen molar-refractivity contribution in [2.45, 2.75) is 129 Å². The fraction of sp³-hybridized carbons (Fsp3) is 0.446. The minimum absolute atomic E-state index is 0.00820. The third-order valence-corrected chi connectivity index (χ3v) is 18.0. The SMILES string of the molecule is Cc1ncsc1-c1ccc([C@H](C)NC(=O)[C@@H]2C[C@@H](O)CN2C(=O)[C@@H](NC(=O)CCCc2cccc(CCC(=O)N3CCN(c4ncc(-c5cc(NC(=O)c6ccc(F)cc6C(F)(F)F)c(N6C[C@@H](C)N(C)[C@@H](C)C6)cc5F)cn4)CC3)c2)C(C)(C)C)cc1. The van der Waals surface area contributed by atoms with E-state index < -0.39 is 64.4 Å². The van der Waals surface area contributed by atoms with Crippen molar-refractivity contribution in [3.8, 4) is 21.6 Å². The fourth-order valence-electron chi connectivity index (χ4n) is 11.7. The first-order valence-electron chi connectivity index (χ1n) is 29.7. The smallest absolute Gasteiger partial charge is 0.391 e. The highest BCUT2D eigenvalue weighted by molar-refractivity contribution is 7.13. The van der Waals surface area contributed by atoms with Crippen LogP contribution in [0.5, 0.6) is 0 Å². The number of aliphatic hydroxyl groups excluding tert-OH is 1. The summed E-state index contributed by atoms with van der Waals surface area (Å²) < 4.78 is 72.3. The molecule has 0 bridgehead atoms. The lowest BCUT2D eigenvalue weighted by atomic mass is 9.85. The van der Waals surface area contributed by atoms with Crippen LogP contribution in [0.3, 0.4) is 0 Å². The molecule has 0 saturated carbocycles. The summed E-state index contributed by atoms with van der Waals surface area (Å²) >= 11 is 1.56. The van der Waals surface area contributed by atoms with Crippen molar-refractivity contribution in [1.29, 1.82) is 0 Å². The lowest BCUT2D eigenvalue weighted by Crippen LogP contribution is -2.57. The van der Waals surface area contributed by atoms with Crippen LogP contribution in [0.1, 0.15) is 112 Å². The van der Waals surface area contributed by atoms with Gasteiger partial charge in [0.1, 0.15) is 23.7 Å². The molecule has 17 nitrogen and oxygen atoms in total. The number of nitrogens with zero attached hydrogens (tertiary/aromatic N) is 8. The summed E-state index contributed by atoms with van der Waals surface area (Å²) in [6.45, 7) is 15.8. The Bertz CT molecular complexity index is 3490. The zero-order chi connectivity index (χ0) is 63.4. The predicted octanol–water partition coefficient (Wildman–Crippen LogP) is 9.63. The summed E-state index contributed by atoms with van der Waals surface area (Å²) in [5.74, 6) is -3.78. The van der Waals surface area contributed by atoms with Crippen molar-refractivity contribution in [2.75, 3.05) is 68.0 Å². The highest BCUT2D eigenvalue weighted by Crippen LogP contribution is 2.39.